The maximum absolute atomic E-state index is 11.9. The van der Waals surface area contributed by atoms with Gasteiger partial charge in [-0.15, -0.1) is 0 Å². The molecule has 1 amide bonds. The van der Waals surface area contributed by atoms with Gasteiger partial charge in [-0.3, -0.25) is 10.2 Å². The summed E-state index contributed by atoms with van der Waals surface area (Å²) in [4.78, 5) is 11.9. The van der Waals surface area contributed by atoms with Crippen molar-refractivity contribution in [2.45, 2.75) is 6.04 Å². The van der Waals surface area contributed by atoms with Gasteiger partial charge in [0.15, 0.2) is 0 Å². The number of carbonyl (C=O) groups is 1. The van der Waals surface area contributed by atoms with Crippen LogP contribution in [-0.4, -0.2) is 24.7 Å². The van der Waals surface area contributed by atoms with E-state index in [1.54, 1.807) is 43.5 Å². The quantitative estimate of drug-likeness (QED) is 0.692. The molecular formula is C14H16N2O4. The zero-order valence-corrected chi connectivity index (χ0v) is 11.0. The summed E-state index contributed by atoms with van der Waals surface area (Å²) in [5, 5.41) is 9.26. The molecule has 2 aromatic rings. The van der Waals surface area contributed by atoms with E-state index in [1.807, 2.05) is 0 Å². The van der Waals surface area contributed by atoms with Gasteiger partial charge in [0.25, 0.3) is 5.91 Å². The van der Waals surface area contributed by atoms with Crippen molar-refractivity contribution in [3.05, 3.63) is 54.0 Å². The van der Waals surface area contributed by atoms with Crippen molar-refractivity contribution in [2.24, 2.45) is 0 Å². The molecule has 2 rings (SSSR count). The second kappa shape index (κ2) is 6.74. The molecule has 0 aliphatic carbocycles. The number of hydrogen-bond acceptors (Lipinski definition) is 5. The number of benzene rings is 1. The maximum atomic E-state index is 11.9. The third-order valence-corrected chi connectivity index (χ3v) is 2.78. The Morgan fingerprint density at radius 2 is 2.10 bits per heavy atom. The minimum absolute atomic E-state index is 0.198. The van der Waals surface area contributed by atoms with Crippen molar-refractivity contribution in [2.75, 3.05) is 13.7 Å². The number of hydrogen-bond donors (Lipinski definition) is 3. The summed E-state index contributed by atoms with van der Waals surface area (Å²) in [6.07, 6.45) is 1.50. The smallest absolute Gasteiger partial charge is 0.265 e. The zero-order valence-electron chi connectivity index (χ0n) is 11.0. The molecule has 3 N–H and O–H groups in total. The van der Waals surface area contributed by atoms with Crippen LogP contribution in [0.1, 0.15) is 22.2 Å². The molecule has 1 unspecified atom stereocenters. The van der Waals surface area contributed by atoms with E-state index in [2.05, 4.69) is 10.9 Å². The van der Waals surface area contributed by atoms with Gasteiger partial charge in [-0.05, 0) is 36.4 Å². The van der Waals surface area contributed by atoms with E-state index < -0.39 is 6.04 Å². The van der Waals surface area contributed by atoms with Gasteiger partial charge in [0.2, 0.25) is 0 Å². The van der Waals surface area contributed by atoms with Crippen molar-refractivity contribution in [3.63, 3.8) is 0 Å². The third kappa shape index (κ3) is 3.37. The Morgan fingerprint density at radius 1 is 1.35 bits per heavy atom. The minimum atomic E-state index is -0.493. The van der Waals surface area contributed by atoms with Gasteiger partial charge >= 0.3 is 0 Å². The lowest BCUT2D eigenvalue weighted by Crippen LogP contribution is -2.41. The summed E-state index contributed by atoms with van der Waals surface area (Å²) in [5.41, 5.74) is 5.73. The molecule has 1 aromatic carbocycles. The van der Waals surface area contributed by atoms with Gasteiger partial charge in [-0.1, -0.05) is 0 Å². The summed E-state index contributed by atoms with van der Waals surface area (Å²) in [7, 11) is 1.56. The molecular weight excluding hydrogens is 260 g/mol. The first-order valence-electron chi connectivity index (χ1n) is 6.08. The van der Waals surface area contributed by atoms with Crippen LogP contribution in [0.25, 0.3) is 0 Å². The summed E-state index contributed by atoms with van der Waals surface area (Å²) in [5.74, 6) is 0.915. The predicted octanol–water partition coefficient (Wildman–Crippen LogP) is 1.26. The number of amides is 1. The Bertz CT molecular complexity index is 537. The molecule has 6 nitrogen and oxygen atoms in total. The first-order chi connectivity index (χ1) is 9.74. The molecule has 0 spiro atoms. The van der Waals surface area contributed by atoms with Crippen LogP contribution in [0.5, 0.6) is 5.75 Å². The molecule has 1 aromatic heterocycles. The summed E-state index contributed by atoms with van der Waals surface area (Å²) in [6, 6.07) is 9.63. The number of furan rings is 1. The van der Waals surface area contributed by atoms with Gasteiger partial charge in [-0.2, -0.15) is 0 Å². The largest absolute Gasteiger partial charge is 0.497 e. The van der Waals surface area contributed by atoms with Gasteiger partial charge in [0.05, 0.1) is 20.0 Å². The Hall–Kier alpha value is -2.31. The fourth-order valence-electron chi connectivity index (χ4n) is 1.66. The molecule has 0 saturated heterocycles. The van der Waals surface area contributed by atoms with E-state index in [9.17, 15) is 9.90 Å². The molecule has 0 aliphatic rings. The lowest BCUT2D eigenvalue weighted by atomic mass is 10.2. The van der Waals surface area contributed by atoms with E-state index in [4.69, 9.17) is 9.15 Å². The van der Waals surface area contributed by atoms with Crippen LogP contribution in [0.2, 0.25) is 0 Å². The fraction of sp³-hybridized carbons (Fsp3) is 0.214. The molecule has 6 heteroatoms. The van der Waals surface area contributed by atoms with Crippen LogP contribution < -0.4 is 15.6 Å². The van der Waals surface area contributed by atoms with Crippen LogP contribution in [0, 0.1) is 0 Å². The number of ether oxygens (including phenoxy) is 1. The van der Waals surface area contributed by atoms with E-state index in [0.29, 0.717) is 17.1 Å². The highest BCUT2D eigenvalue weighted by Gasteiger charge is 2.14. The number of aliphatic hydroxyl groups excluding tert-OH is 1. The number of methoxy groups -OCH3 is 1. The van der Waals surface area contributed by atoms with E-state index >= 15 is 0 Å². The molecule has 1 atom stereocenters. The number of hydrazine groups is 1. The second-order valence-corrected chi connectivity index (χ2v) is 4.08. The normalized spacial score (nSPS) is 11.9. The second-order valence-electron chi connectivity index (χ2n) is 4.08. The SMILES string of the molecule is COc1ccc(C(=O)NNC(CO)c2ccco2)cc1. The standard InChI is InChI=1S/C14H16N2O4/c1-19-11-6-4-10(5-7-11)14(18)16-15-12(9-17)13-3-2-8-20-13/h2-8,12,15,17H,9H2,1H3,(H,16,18). The van der Waals surface area contributed by atoms with E-state index in [1.165, 1.54) is 6.26 Å². The molecule has 0 fully saturated rings. The molecule has 0 saturated carbocycles. The van der Waals surface area contributed by atoms with Crippen molar-refractivity contribution >= 4 is 5.91 Å². The van der Waals surface area contributed by atoms with Crippen molar-refractivity contribution < 1.29 is 19.1 Å². The highest BCUT2D eigenvalue weighted by atomic mass is 16.5. The van der Waals surface area contributed by atoms with Crippen LogP contribution in [-0.2, 0) is 0 Å². The molecule has 106 valence electrons. The third-order valence-electron chi connectivity index (χ3n) is 2.78. The van der Waals surface area contributed by atoms with Gasteiger partial charge in [0.1, 0.15) is 17.6 Å². The highest BCUT2D eigenvalue weighted by Crippen LogP contribution is 2.13. The van der Waals surface area contributed by atoms with Crippen LogP contribution in [0.15, 0.2) is 47.1 Å². The Kier molecular flexibility index (Phi) is 4.75. The van der Waals surface area contributed by atoms with Crippen molar-refractivity contribution in [1.82, 2.24) is 10.9 Å². The average molecular weight is 276 g/mol. The molecule has 1 heterocycles. The highest BCUT2D eigenvalue weighted by molar-refractivity contribution is 5.93. The topological polar surface area (TPSA) is 83.7 Å². The minimum Gasteiger partial charge on any atom is -0.497 e. The molecule has 20 heavy (non-hydrogen) atoms. The first-order valence-corrected chi connectivity index (χ1v) is 6.08. The Labute approximate surface area is 116 Å². The molecule has 0 radical (unpaired) electrons. The zero-order chi connectivity index (χ0) is 14.4. The molecule has 0 bridgehead atoms. The monoisotopic (exact) mass is 276 g/mol. The summed E-state index contributed by atoms with van der Waals surface area (Å²) in [6.45, 7) is -0.198. The van der Waals surface area contributed by atoms with Crippen LogP contribution in [0.4, 0.5) is 0 Å². The lowest BCUT2D eigenvalue weighted by molar-refractivity contribution is 0.0911. The van der Waals surface area contributed by atoms with E-state index in [0.717, 1.165) is 0 Å². The predicted molar refractivity (Wildman–Crippen MR) is 72.1 cm³/mol. The van der Waals surface area contributed by atoms with Crippen molar-refractivity contribution in [3.8, 4) is 5.75 Å². The Balaban J connectivity index is 1.93. The van der Waals surface area contributed by atoms with Gasteiger partial charge in [0, 0.05) is 5.56 Å². The first kappa shape index (κ1) is 14.1. The number of rotatable bonds is 6. The average Bonchev–Trinajstić information content (AvgIpc) is 3.02. The Morgan fingerprint density at radius 3 is 2.65 bits per heavy atom. The summed E-state index contributed by atoms with van der Waals surface area (Å²) < 4.78 is 10.2. The van der Waals surface area contributed by atoms with E-state index in [-0.39, 0.29) is 12.5 Å². The maximum Gasteiger partial charge on any atom is 0.265 e. The van der Waals surface area contributed by atoms with Crippen molar-refractivity contribution in [1.29, 1.82) is 0 Å². The van der Waals surface area contributed by atoms with Crippen LogP contribution in [0.3, 0.4) is 0 Å². The number of nitrogens with one attached hydrogen (secondary N) is 2. The number of aliphatic hydroxyl groups is 1. The number of carbonyl (C=O) groups excluding carboxylic acids is 1. The van der Waals surface area contributed by atoms with Crippen LogP contribution >= 0.6 is 0 Å². The summed E-state index contributed by atoms with van der Waals surface area (Å²) >= 11 is 0. The lowest BCUT2D eigenvalue weighted by Gasteiger charge is -2.14. The van der Waals surface area contributed by atoms with Gasteiger partial charge < -0.3 is 14.3 Å². The van der Waals surface area contributed by atoms with Gasteiger partial charge in [-0.25, -0.2) is 5.43 Å². The fourth-order valence-corrected chi connectivity index (χ4v) is 1.66. The molecule has 0 aliphatic heterocycles.